The number of Topliss-reactive ketones (excluding diaryl/α,β-unsaturated/α-hetero) is 1. The molecule has 2 aromatic carbocycles. The number of carbonyl (C=O) groups excluding carboxylic acids is 1. The van der Waals surface area contributed by atoms with Crippen molar-refractivity contribution in [1.82, 2.24) is 9.55 Å². The van der Waals surface area contributed by atoms with Crippen LogP contribution in [-0.2, 0) is 16.4 Å². The molecule has 0 amide bonds. The zero-order chi connectivity index (χ0) is 25.3. The molecule has 0 atom stereocenters. The van der Waals surface area contributed by atoms with Crippen molar-refractivity contribution >= 4 is 26.5 Å². The van der Waals surface area contributed by atoms with Crippen molar-refractivity contribution in [3.63, 3.8) is 0 Å². The Morgan fingerprint density at radius 3 is 2.57 bits per heavy atom. The van der Waals surface area contributed by atoms with Gasteiger partial charge in [-0.05, 0) is 55.5 Å². The predicted molar refractivity (Wildman–Crippen MR) is 129 cm³/mol. The molecule has 4 aromatic rings. The highest BCUT2D eigenvalue weighted by atomic mass is 32.2. The normalized spacial score (nSPS) is 11.7. The van der Waals surface area contributed by atoms with Crippen LogP contribution in [0.25, 0.3) is 22.0 Å². The van der Waals surface area contributed by atoms with Crippen LogP contribution in [0.2, 0.25) is 0 Å². The van der Waals surface area contributed by atoms with E-state index in [1.807, 2.05) is 0 Å². The fourth-order valence-corrected chi connectivity index (χ4v) is 4.69. The van der Waals surface area contributed by atoms with Gasteiger partial charge in [0, 0.05) is 40.0 Å². The maximum atomic E-state index is 14.6. The van der Waals surface area contributed by atoms with Gasteiger partial charge in [0.2, 0.25) is 0 Å². The number of ketones is 1. The molecule has 35 heavy (non-hydrogen) atoms. The fourth-order valence-electron chi connectivity index (χ4n) is 4.08. The van der Waals surface area contributed by atoms with Gasteiger partial charge in [0.1, 0.15) is 23.1 Å². The molecule has 0 saturated heterocycles. The lowest BCUT2D eigenvalue weighted by molar-refractivity contribution is 0.101. The first kappa shape index (κ1) is 24.3. The van der Waals surface area contributed by atoms with Crippen molar-refractivity contribution in [3.8, 4) is 16.9 Å². The Kier molecular flexibility index (Phi) is 6.58. The van der Waals surface area contributed by atoms with E-state index >= 15 is 0 Å². The van der Waals surface area contributed by atoms with Crippen LogP contribution in [0.4, 0.5) is 8.78 Å². The van der Waals surface area contributed by atoms with Crippen molar-refractivity contribution in [2.24, 2.45) is 0 Å². The number of ether oxygens (including phenoxy) is 1. The van der Waals surface area contributed by atoms with Gasteiger partial charge in [0.05, 0.1) is 18.8 Å². The Bertz CT molecular complexity index is 1610. The first-order chi connectivity index (χ1) is 16.6. The number of hydrogen-bond donors (Lipinski definition) is 1. The third kappa shape index (κ3) is 5.02. The Hall–Kier alpha value is -3.79. The number of fused-ring (bicyclic) bond motifs is 1. The van der Waals surface area contributed by atoms with Crippen LogP contribution in [0.5, 0.6) is 5.75 Å². The van der Waals surface area contributed by atoms with Crippen LogP contribution in [0.15, 0.2) is 59.5 Å². The number of nitrogens with zero attached hydrogens (tertiary/aromatic N) is 1. The molecule has 0 unspecified atom stereocenters. The number of nitrogens with one attached hydrogen (secondary N) is 1. The van der Waals surface area contributed by atoms with Gasteiger partial charge in [-0.3, -0.25) is 9.59 Å². The maximum absolute atomic E-state index is 14.6. The number of aromatic nitrogens is 2. The monoisotopic (exact) mass is 500 g/mol. The Balaban J connectivity index is 2.10. The summed E-state index contributed by atoms with van der Waals surface area (Å²) in [7, 11) is -3.75. The first-order valence-electron chi connectivity index (χ1n) is 10.7. The molecule has 10 heteroatoms. The summed E-state index contributed by atoms with van der Waals surface area (Å²) in [5.41, 5.74) is 0.0957. The predicted octanol–water partition coefficient (Wildman–Crippen LogP) is 3.95. The van der Waals surface area contributed by atoms with Crippen molar-refractivity contribution in [2.75, 3.05) is 18.6 Å². The minimum atomic E-state index is -3.75. The van der Waals surface area contributed by atoms with Crippen LogP contribution in [0.3, 0.4) is 0 Å². The highest BCUT2D eigenvalue weighted by Gasteiger charge is 2.28. The largest absolute Gasteiger partial charge is 0.494 e. The van der Waals surface area contributed by atoms with E-state index in [9.17, 15) is 26.8 Å². The molecular weight excluding hydrogens is 478 g/mol. The van der Waals surface area contributed by atoms with Crippen LogP contribution in [0.1, 0.15) is 23.0 Å². The summed E-state index contributed by atoms with van der Waals surface area (Å²) in [5, 5.41) is 0.432. The molecule has 0 saturated carbocycles. The van der Waals surface area contributed by atoms with Crippen molar-refractivity contribution in [2.45, 2.75) is 13.5 Å². The van der Waals surface area contributed by atoms with E-state index in [2.05, 4.69) is 4.98 Å². The number of aromatic amines is 1. The van der Waals surface area contributed by atoms with Gasteiger partial charge >= 0.3 is 0 Å². The van der Waals surface area contributed by atoms with Crippen LogP contribution in [0, 0.1) is 11.6 Å². The molecule has 0 aliphatic heterocycles. The van der Waals surface area contributed by atoms with Crippen molar-refractivity contribution in [1.29, 1.82) is 0 Å². The van der Waals surface area contributed by atoms with E-state index < -0.39 is 38.6 Å². The second kappa shape index (κ2) is 9.46. The minimum absolute atomic E-state index is 0.0438. The highest BCUT2D eigenvalue weighted by Crippen LogP contribution is 2.37. The lowest BCUT2D eigenvalue weighted by atomic mass is 10.0. The standard InChI is InChI=1S/C25H22F2N2O5S/c1-3-34-17-7-9-21-19(12-17)23(18-5-4-10-28-25(18)31)24(22(30)14-35(2,32)33)29(21)13-15-11-16(26)6-8-20(15)27/h4-12H,3,13-14H2,1-2H3,(H,28,31). The van der Waals surface area contributed by atoms with Gasteiger partial charge < -0.3 is 14.3 Å². The van der Waals surface area contributed by atoms with E-state index in [0.717, 1.165) is 24.5 Å². The average Bonchev–Trinajstić information content (AvgIpc) is 3.09. The number of sulfone groups is 1. The van der Waals surface area contributed by atoms with Gasteiger partial charge in [-0.2, -0.15) is 0 Å². The fraction of sp³-hybridized carbons (Fsp3) is 0.200. The number of pyridine rings is 1. The zero-order valence-electron chi connectivity index (χ0n) is 19.0. The molecule has 0 fully saturated rings. The summed E-state index contributed by atoms with van der Waals surface area (Å²) < 4.78 is 59.6. The lowest BCUT2D eigenvalue weighted by Crippen LogP contribution is -2.20. The Labute approximate surface area is 199 Å². The molecule has 1 N–H and O–H groups in total. The number of benzene rings is 2. The summed E-state index contributed by atoms with van der Waals surface area (Å²) in [6.45, 7) is 1.89. The second-order valence-corrected chi connectivity index (χ2v) is 10.2. The number of carbonyl (C=O) groups is 1. The Morgan fingerprint density at radius 1 is 1.11 bits per heavy atom. The number of halogens is 2. The molecule has 0 aliphatic carbocycles. The number of hydrogen-bond acceptors (Lipinski definition) is 5. The zero-order valence-corrected chi connectivity index (χ0v) is 19.8. The lowest BCUT2D eigenvalue weighted by Gasteiger charge is -2.12. The summed E-state index contributed by atoms with van der Waals surface area (Å²) >= 11 is 0. The van der Waals surface area contributed by atoms with E-state index in [4.69, 9.17) is 4.74 Å². The molecule has 2 aromatic heterocycles. The summed E-state index contributed by atoms with van der Waals surface area (Å²) in [6, 6.07) is 11.0. The smallest absolute Gasteiger partial charge is 0.255 e. The van der Waals surface area contributed by atoms with Crippen LogP contribution in [-0.4, -0.2) is 42.4 Å². The highest BCUT2D eigenvalue weighted by molar-refractivity contribution is 7.91. The topological polar surface area (TPSA) is 98.2 Å². The first-order valence-corrected chi connectivity index (χ1v) is 12.8. The molecule has 0 bridgehead atoms. The van der Waals surface area contributed by atoms with Crippen molar-refractivity contribution < 1.29 is 26.7 Å². The molecule has 4 rings (SSSR count). The van der Waals surface area contributed by atoms with Crippen molar-refractivity contribution in [3.05, 3.63) is 88.0 Å². The SMILES string of the molecule is CCOc1ccc2c(c1)c(-c1ccc[nH]c1=O)c(C(=O)CS(C)(=O)=O)n2Cc1cc(F)ccc1F. The molecule has 2 heterocycles. The van der Waals surface area contributed by atoms with E-state index in [1.54, 1.807) is 31.2 Å². The van der Waals surface area contributed by atoms with E-state index in [0.29, 0.717) is 23.3 Å². The van der Waals surface area contributed by atoms with Gasteiger partial charge in [-0.25, -0.2) is 17.2 Å². The minimum Gasteiger partial charge on any atom is -0.494 e. The maximum Gasteiger partial charge on any atom is 0.255 e. The number of H-pyrrole nitrogens is 1. The van der Waals surface area contributed by atoms with Gasteiger partial charge in [0.25, 0.3) is 5.56 Å². The van der Waals surface area contributed by atoms with E-state index in [-0.39, 0.29) is 28.9 Å². The van der Waals surface area contributed by atoms with Gasteiger partial charge in [-0.15, -0.1) is 0 Å². The molecular formula is C25H22F2N2O5S. The third-order valence-electron chi connectivity index (χ3n) is 5.43. The van der Waals surface area contributed by atoms with Gasteiger partial charge in [-0.1, -0.05) is 0 Å². The molecule has 0 radical (unpaired) electrons. The molecule has 0 spiro atoms. The van der Waals surface area contributed by atoms with Crippen LogP contribution >= 0.6 is 0 Å². The Morgan fingerprint density at radius 2 is 1.89 bits per heavy atom. The molecule has 0 aliphatic rings. The van der Waals surface area contributed by atoms with Crippen LogP contribution < -0.4 is 10.3 Å². The molecule has 182 valence electrons. The quantitative estimate of drug-likeness (QED) is 0.370. The summed E-state index contributed by atoms with van der Waals surface area (Å²) in [5.74, 6) is -2.51. The molecule has 7 nitrogen and oxygen atoms in total. The van der Waals surface area contributed by atoms with E-state index in [1.165, 1.54) is 16.8 Å². The average molecular weight is 501 g/mol. The second-order valence-electron chi connectivity index (χ2n) is 8.06. The third-order valence-corrected chi connectivity index (χ3v) is 6.21. The van der Waals surface area contributed by atoms with Gasteiger partial charge in [0.15, 0.2) is 15.6 Å². The number of rotatable bonds is 8. The summed E-state index contributed by atoms with van der Waals surface area (Å²) in [6.07, 6.45) is 2.35. The summed E-state index contributed by atoms with van der Waals surface area (Å²) in [4.78, 5) is 28.7.